The SMILES string of the molecule is COc1ccc(CCNC(=O)Cc2ccc(N(Cc3ccccc3C)C(=O)c3cccs3)cc2)cc1. The molecule has 184 valence electrons. The Morgan fingerprint density at radius 2 is 1.61 bits per heavy atom. The molecular formula is C30H30N2O3S. The summed E-state index contributed by atoms with van der Waals surface area (Å²) in [5.41, 5.74) is 5.09. The number of methoxy groups -OCH3 is 1. The lowest BCUT2D eigenvalue weighted by Crippen LogP contribution is -2.30. The zero-order valence-electron chi connectivity index (χ0n) is 20.6. The van der Waals surface area contributed by atoms with E-state index in [1.165, 1.54) is 11.3 Å². The molecule has 0 saturated carbocycles. The van der Waals surface area contributed by atoms with E-state index in [-0.39, 0.29) is 11.8 Å². The van der Waals surface area contributed by atoms with Gasteiger partial charge in [-0.15, -0.1) is 11.3 Å². The molecule has 4 rings (SSSR count). The van der Waals surface area contributed by atoms with Crippen molar-refractivity contribution in [2.45, 2.75) is 26.3 Å². The Morgan fingerprint density at radius 1 is 0.889 bits per heavy atom. The summed E-state index contributed by atoms with van der Waals surface area (Å²) in [5, 5.41) is 4.90. The van der Waals surface area contributed by atoms with Gasteiger partial charge in [-0.05, 0) is 71.3 Å². The Balaban J connectivity index is 1.39. The maximum absolute atomic E-state index is 13.3. The van der Waals surface area contributed by atoms with Crippen molar-refractivity contribution < 1.29 is 14.3 Å². The molecule has 0 aliphatic rings. The lowest BCUT2D eigenvalue weighted by Gasteiger charge is -2.23. The predicted octanol–water partition coefficient (Wildman–Crippen LogP) is 5.81. The number of ether oxygens (including phenoxy) is 1. The molecule has 1 N–H and O–H groups in total. The molecule has 4 aromatic rings. The molecule has 1 heterocycles. The van der Waals surface area contributed by atoms with Gasteiger partial charge in [-0.2, -0.15) is 0 Å². The maximum Gasteiger partial charge on any atom is 0.268 e. The summed E-state index contributed by atoms with van der Waals surface area (Å²) in [6.07, 6.45) is 1.05. The van der Waals surface area contributed by atoms with Gasteiger partial charge < -0.3 is 15.0 Å². The number of carbonyl (C=O) groups excluding carboxylic acids is 2. The van der Waals surface area contributed by atoms with Gasteiger partial charge in [-0.25, -0.2) is 0 Å². The van der Waals surface area contributed by atoms with Gasteiger partial charge in [0.05, 0.1) is 25.0 Å². The van der Waals surface area contributed by atoms with Gasteiger partial charge in [0.15, 0.2) is 0 Å². The number of benzene rings is 3. The van der Waals surface area contributed by atoms with E-state index >= 15 is 0 Å². The minimum absolute atomic E-state index is 0.0253. The second-order valence-corrected chi connectivity index (χ2v) is 9.53. The van der Waals surface area contributed by atoms with Gasteiger partial charge in [0.1, 0.15) is 5.75 Å². The predicted molar refractivity (Wildman–Crippen MR) is 146 cm³/mol. The fraction of sp³-hybridized carbons (Fsp3) is 0.200. The highest BCUT2D eigenvalue weighted by Gasteiger charge is 2.20. The summed E-state index contributed by atoms with van der Waals surface area (Å²) in [5.74, 6) is 0.765. The van der Waals surface area contributed by atoms with Crippen LogP contribution in [0.5, 0.6) is 5.75 Å². The van der Waals surface area contributed by atoms with Crippen molar-refractivity contribution in [3.8, 4) is 5.75 Å². The molecule has 0 fully saturated rings. The van der Waals surface area contributed by atoms with Crippen LogP contribution in [0.25, 0.3) is 0 Å². The number of hydrogen-bond donors (Lipinski definition) is 1. The second kappa shape index (κ2) is 12.2. The first-order valence-corrected chi connectivity index (χ1v) is 12.8. The third-order valence-electron chi connectivity index (χ3n) is 6.07. The Hall–Kier alpha value is -3.90. The average molecular weight is 499 g/mol. The number of hydrogen-bond acceptors (Lipinski definition) is 4. The van der Waals surface area contributed by atoms with E-state index in [0.717, 1.165) is 40.1 Å². The monoisotopic (exact) mass is 498 g/mol. The maximum atomic E-state index is 13.3. The topological polar surface area (TPSA) is 58.6 Å². The smallest absolute Gasteiger partial charge is 0.268 e. The van der Waals surface area contributed by atoms with Crippen molar-refractivity contribution >= 4 is 28.8 Å². The quantitative estimate of drug-likeness (QED) is 0.300. The summed E-state index contributed by atoms with van der Waals surface area (Å²) in [7, 11) is 1.64. The number of carbonyl (C=O) groups is 2. The van der Waals surface area contributed by atoms with Gasteiger partial charge >= 0.3 is 0 Å². The zero-order valence-corrected chi connectivity index (χ0v) is 21.4. The highest BCUT2D eigenvalue weighted by molar-refractivity contribution is 7.12. The highest BCUT2D eigenvalue weighted by atomic mass is 32.1. The van der Waals surface area contributed by atoms with Crippen molar-refractivity contribution in [1.29, 1.82) is 0 Å². The molecule has 5 nitrogen and oxygen atoms in total. The summed E-state index contributed by atoms with van der Waals surface area (Å²) >= 11 is 1.44. The van der Waals surface area contributed by atoms with Crippen LogP contribution in [0.4, 0.5) is 5.69 Å². The number of amides is 2. The Bertz CT molecular complexity index is 1280. The molecule has 36 heavy (non-hydrogen) atoms. The van der Waals surface area contributed by atoms with Gasteiger partial charge in [0.25, 0.3) is 5.91 Å². The van der Waals surface area contributed by atoms with Crippen molar-refractivity contribution in [1.82, 2.24) is 5.32 Å². The fourth-order valence-corrected chi connectivity index (χ4v) is 4.62. The first-order valence-electron chi connectivity index (χ1n) is 11.9. The molecule has 6 heteroatoms. The molecule has 0 bridgehead atoms. The molecule has 3 aromatic carbocycles. The lowest BCUT2D eigenvalue weighted by atomic mass is 10.1. The Labute approximate surface area is 216 Å². The lowest BCUT2D eigenvalue weighted by molar-refractivity contribution is -0.120. The van der Waals surface area contributed by atoms with Crippen LogP contribution in [0, 0.1) is 6.92 Å². The van der Waals surface area contributed by atoms with Crippen LogP contribution < -0.4 is 15.0 Å². The molecular weight excluding hydrogens is 468 g/mol. The molecule has 0 aliphatic carbocycles. The minimum Gasteiger partial charge on any atom is -0.497 e. The summed E-state index contributed by atoms with van der Waals surface area (Å²) in [4.78, 5) is 28.3. The van der Waals surface area contributed by atoms with Crippen molar-refractivity contribution in [3.63, 3.8) is 0 Å². The number of nitrogens with zero attached hydrogens (tertiary/aromatic N) is 1. The molecule has 0 aliphatic heterocycles. The normalized spacial score (nSPS) is 10.6. The number of nitrogens with one attached hydrogen (secondary N) is 1. The number of anilines is 1. The van der Waals surface area contributed by atoms with Gasteiger partial charge in [-0.3, -0.25) is 9.59 Å². The number of rotatable bonds is 10. The average Bonchev–Trinajstić information content (AvgIpc) is 3.44. The van der Waals surface area contributed by atoms with Crippen LogP contribution in [0.1, 0.15) is 31.9 Å². The van der Waals surface area contributed by atoms with Crippen LogP contribution in [0.3, 0.4) is 0 Å². The molecule has 0 saturated heterocycles. The fourth-order valence-electron chi connectivity index (χ4n) is 3.95. The number of thiophene rings is 1. The van der Waals surface area contributed by atoms with E-state index in [1.807, 2.05) is 78.2 Å². The van der Waals surface area contributed by atoms with Gasteiger partial charge in [-0.1, -0.05) is 54.6 Å². The first kappa shape index (κ1) is 25.2. The van der Waals surface area contributed by atoms with E-state index < -0.39 is 0 Å². The second-order valence-electron chi connectivity index (χ2n) is 8.59. The van der Waals surface area contributed by atoms with Crippen LogP contribution in [0.2, 0.25) is 0 Å². The van der Waals surface area contributed by atoms with Crippen molar-refractivity contribution in [2.24, 2.45) is 0 Å². The van der Waals surface area contributed by atoms with E-state index in [9.17, 15) is 9.59 Å². The molecule has 0 atom stereocenters. The largest absolute Gasteiger partial charge is 0.497 e. The first-order chi connectivity index (χ1) is 17.5. The molecule has 0 spiro atoms. The van der Waals surface area contributed by atoms with Gasteiger partial charge in [0.2, 0.25) is 5.91 Å². The van der Waals surface area contributed by atoms with E-state index in [2.05, 4.69) is 24.4 Å². The zero-order chi connectivity index (χ0) is 25.3. The highest BCUT2D eigenvalue weighted by Crippen LogP contribution is 2.24. The minimum atomic E-state index is -0.0303. The standard InChI is InChI=1S/C30H30N2O3S/c1-22-6-3-4-7-25(22)21-32(30(34)28-8-5-19-36-28)26-13-9-24(10-14-26)20-29(33)31-18-17-23-11-15-27(35-2)16-12-23/h3-16,19H,17-18,20-21H2,1-2H3,(H,31,33). The third kappa shape index (κ3) is 6.61. The Morgan fingerprint density at radius 3 is 2.28 bits per heavy atom. The van der Waals surface area contributed by atoms with E-state index in [1.54, 1.807) is 12.0 Å². The summed E-state index contributed by atoms with van der Waals surface area (Å²) in [6, 6.07) is 27.4. The van der Waals surface area contributed by atoms with Crippen molar-refractivity contribution in [3.05, 3.63) is 117 Å². The van der Waals surface area contributed by atoms with E-state index in [0.29, 0.717) is 24.4 Å². The summed E-state index contributed by atoms with van der Waals surface area (Å²) < 4.78 is 5.18. The molecule has 2 amide bonds. The van der Waals surface area contributed by atoms with Crippen LogP contribution >= 0.6 is 11.3 Å². The van der Waals surface area contributed by atoms with Crippen LogP contribution in [0.15, 0.2) is 90.3 Å². The summed E-state index contributed by atoms with van der Waals surface area (Å²) in [6.45, 7) is 3.11. The van der Waals surface area contributed by atoms with Crippen LogP contribution in [-0.2, 0) is 24.2 Å². The molecule has 0 unspecified atom stereocenters. The molecule has 0 radical (unpaired) electrons. The number of aryl methyl sites for hydroxylation is 1. The van der Waals surface area contributed by atoms with E-state index in [4.69, 9.17) is 4.74 Å². The molecule has 1 aromatic heterocycles. The van der Waals surface area contributed by atoms with Gasteiger partial charge in [0, 0.05) is 12.2 Å². The van der Waals surface area contributed by atoms with Crippen LogP contribution in [-0.4, -0.2) is 25.5 Å². The third-order valence-corrected chi connectivity index (χ3v) is 6.93. The van der Waals surface area contributed by atoms with Crippen molar-refractivity contribution in [2.75, 3.05) is 18.6 Å². The Kier molecular flexibility index (Phi) is 8.53.